The van der Waals surface area contributed by atoms with E-state index in [1.807, 2.05) is 39.0 Å². The average Bonchev–Trinajstić information content (AvgIpc) is 2.62. The molecule has 0 saturated carbocycles. The first-order chi connectivity index (χ1) is 12.8. The molecule has 0 radical (unpaired) electrons. The minimum atomic E-state index is -0.411. The monoisotopic (exact) mass is 384 g/mol. The van der Waals surface area contributed by atoms with Crippen LogP contribution < -0.4 is 5.56 Å². The van der Waals surface area contributed by atoms with Gasteiger partial charge in [-0.05, 0) is 42.2 Å². The second-order valence-corrected chi connectivity index (χ2v) is 7.34. The molecule has 3 rings (SSSR count). The highest BCUT2D eigenvalue weighted by molar-refractivity contribution is 6.30. The molecular formula is C21H21ClN2O3. The summed E-state index contributed by atoms with van der Waals surface area (Å²) in [6, 6.07) is 12.2. The SMILES string of the molecule is Cc1ccc2nc(COC(=O)[C@H](c3ccc(Cl)cc3)C(C)C)cc(=O)n2c1. The molecule has 0 unspecified atom stereocenters. The topological polar surface area (TPSA) is 60.7 Å². The zero-order valence-corrected chi connectivity index (χ0v) is 16.2. The summed E-state index contributed by atoms with van der Waals surface area (Å²) >= 11 is 5.93. The molecule has 1 atom stereocenters. The van der Waals surface area contributed by atoms with E-state index in [9.17, 15) is 9.59 Å². The van der Waals surface area contributed by atoms with E-state index in [-0.39, 0.29) is 24.1 Å². The first-order valence-electron chi connectivity index (χ1n) is 8.76. The molecule has 0 saturated heterocycles. The molecule has 2 heterocycles. The van der Waals surface area contributed by atoms with E-state index in [1.54, 1.807) is 24.4 Å². The molecule has 2 aromatic heterocycles. The van der Waals surface area contributed by atoms with Gasteiger partial charge < -0.3 is 4.74 Å². The lowest BCUT2D eigenvalue weighted by molar-refractivity contribution is -0.148. The van der Waals surface area contributed by atoms with Crippen molar-refractivity contribution in [3.05, 3.63) is 80.9 Å². The van der Waals surface area contributed by atoms with Crippen molar-refractivity contribution in [1.29, 1.82) is 0 Å². The minimum Gasteiger partial charge on any atom is -0.459 e. The Labute approximate surface area is 162 Å². The molecule has 3 aromatic rings. The Morgan fingerprint density at radius 1 is 1.19 bits per heavy atom. The van der Waals surface area contributed by atoms with Crippen LogP contribution in [0.4, 0.5) is 0 Å². The van der Waals surface area contributed by atoms with Crippen molar-refractivity contribution in [2.75, 3.05) is 0 Å². The Kier molecular flexibility index (Phi) is 5.61. The highest BCUT2D eigenvalue weighted by atomic mass is 35.5. The van der Waals surface area contributed by atoms with Crippen LogP contribution >= 0.6 is 11.6 Å². The Balaban J connectivity index is 1.79. The molecule has 0 spiro atoms. The van der Waals surface area contributed by atoms with Gasteiger partial charge in [0.1, 0.15) is 12.3 Å². The van der Waals surface area contributed by atoms with Crippen molar-refractivity contribution in [2.24, 2.45) is 5.92 Å². The molecule has 0 bridgehead atoms. The fraction of sp³-hybridized carbons (Fsp3) is 0.286. The van der Waals surface area contributed by atoms with Crippen LogP contribution in [0.1, 0.15) is 36.6 Å². The average molecular weight is 385 g/mol. The van der Waals surface area contributed by atoms with E-state index in [0.29, 0.717) is 16.4 Å². The molecule has 0 fully saturated rings. The maximum Gasteiger partial charge on any atom is 0.314 e. The molecule has 5 nitrogen and oxygen atoms in total. The molecule has 1 aromatic carbocycles. The summed E-state index contributed by atoms with van der Waals surface area (Å²) in [6.07, 6.45) is 1.73. The van der Waals surface area contributed by atoms with Gasteiger partial charge in [-0.3, -0.25) is 14.0 Å². The number of hydrogen-bond donors (Lipinski definition) is 0. The summed E-state index contributed by atoms with van der Waals surface area (Å²) in [6.45, 7) is 5.78. The van der Waals surface area contributed by atoms with E-state index >= 15 is 0 Å². The number of benzene rings is 1. The highest BCUT2D eigenvalue weighted by Gasteiger charge is 2.26. The van der Waals surface area contributed by atoms with Crippen LogP contribution in [-0.2, 0) is 16.1 Å². The second kappa shape index (κ2) is 7.92. The maximum absolute atomic E-state index is 12.7. The van der Waals surface area contributed by atoms with Gasteiger partial charge in [-0.15, -0.1) is 0 Å². The third kappa shape index (κ3) is 4.37. The molecule has 0 N–H and O–H groups in total. The Hall–Kier alpha value is -2.66. The summed E-state index contributed by atoms with van der Waals surface area (Å²) in [5.74, 6) is -0.707. The summed E-state index contributed by atoms with van der Waals surface area (Å²) in [5.41, 5.74) is 2.57. The molecular weight excluding hydrogens is 364 g/mol. The number of halogens is 1. The van der Waals surface area contributed by atoms with Crippen molar-refractivity contribution in [3.8, 4) is 0 Å². The number of pyridine rings is 1. The molecule has 6 heteroatoms. The van der Waals surface area contributed by atoms with Crippen molar-refractivity contribution >= 4 is 23.2 Å². The molecule has 0 amide bonds. The van der Waals surface area contributed by atoms with E-state index in [1.165, 1.54) is 10.5 Å². The summed E-state index contributed by atoms with van der Waals surface area (Å²) in [7, 11) is 0. The van der Waals surface area contributed by atoms with Crippen LogP contribution in [-0.4, -0.2) is 15.4 Å². The smallest absolute Gasteiger partial charge is 0.314 e. The lowest BCUT2D eigenvalue weighted by Gasteiger charge is -2.20. The number of ether oxygens (including phenoxy) is 1. The van der Waals surface area contributed by atoms with Gasteiger partial charge in [0.25, 0.3) is 5.56 Å². The zero-order valence-electron chi connectivity index (χ0n) is 15.5. The first-order valence-corrected chi connectivity index (χ1v) is 9.14. The van der Waals surface area contributed by atoms with Crippen molar-refractivity contribution in [1.82, 2.24) is 9.38 Å². The zero-order chi connectivity index (χ0) is 19.6. The second-order valence-electron chi connectivity index (χ2n) is 6.90. The van der Waals surface area contributed by atoms with Gasteiger partial charge in [0.05, 0.1) is 11.6 Å². The van der Waals surface area contributed by atoms with Gasteiger partial charge in [-0.2, -0.15) is 0 Å². The Morgan fingerprint density at radius 3 is 2.56 bits per heavy atom. The van der Waals surface area contributed by atoms with E-state index in [0.717, 1.165) is 11.1 Å². The predicted molar refractivity (Wildman–Crippen MR) is 105 cm³/mol. The normalized spacial score (nSPS) is 12.3. The lowest BCUT2D eigenvalue weighted by Crippen LogP contribution is -2.22. The summed E-state index contributed by atoms with van der Waals surface area (Å²) < 4.78 is 6.96. The molecule has 0 aliphatic carbocycles. The van der Waals surface area contributed by atoms with Crippen LogP contribution in [0.25, 0.3) is 5.65 Å². The molecule has 0 aliphatic rings. The van der Waals surface area contributed by atoms with Crippen molar-refractivity contribution < 1.29 is 9.53 Å². The van der Waals surface area contributed by atoms with Gasteiger partial charge in [0, 0.05) is 17.3 Å². The number of carbonyl (C=O) groups excluding carboxylic acids is 1. The number of carbonyl (C=O) groups is 1. The maximum atomic E-state index is 12.7. The first kappa shape index (κ1) is 19.1. The van der Waals surface area contributed by atoms with E-state index in [2.05, 4.69) is 4.98 Å². The quantitative estimate of drug-likeness (QED) is 0.620. The summed E-state index contributed by atoms with van der Waals surface area (Å²) in [4.78, 5) is 29.3. The fourth-order valence-electron chi connectivity index (χ4n) is 3.03. The molecule has 27 heavy (non-hydrogen) atoms. The van der Waals surface area contributed by atoms with Gasteiger partial charge in [-0.1, -0.05) is 43.6 Å². The van der Waals surface area contributed by atoms with Crippen molar-refractivity contribution in [3.63, 3.8) is 0 Å². The number of hydrogen-bond acceptors (Lipinski definition) is 4. The Bertz CT molecular complexity index is 1030. The minimum absolute atomic E-state index is 0.0464. The molecule has 0 aliphatic heterocycles. The van der Waals surface area contributed by atoms with Gasteiger partial charge in [0.2, 0.25) is 0 Å². The number of nitrogens with zero attached hydrogens (tertiary/aromatic N) is 2. The largest absolute Gasteiger partial charge is 0.459 e. The van der Waals surface area contributed by atoms with Gasteiger partial charge in [0.15, 0.2) is 0 Å². The molecule has 140 valence electrons. The number of aromatic nitrogens is 2. The standard InChI is InChI=1S/C21H21ClN2O3/c1-13(2)20(15-5-7-16(22)8-6-15)21(26)27-12-17-10-19(25)24-11-14(3)4-9-18(24)23-17/h4-11,13,20H,12H2,1-3H3/t20-/m0/s1. The highest BCUT2D eigenvalue weighted by Crippen LogP contribution is 2.27. The van der Waals surface area contributed by atoms with Crippen molar-refractivity contribution in [2.45, 2.75) is 33.3 Å². The third-order valence-electron chi connectivity index (χ3n) is 4.37. The number of aryl methyl sites for hydroxylation is 1. The Morgan fingerprint density at radius 2 is 1.89 bits per heavy atom. The lowest BCUT2D eigenvalue weighted by atomic mass is 9.88. The number of esters is 1. The van der Waals surface area contributed by atoms with Crippen LogP contribution in [0.3, 0.4) is 0 Å². The van der Waals surface area contributed by atoms with E-state index in [4.69, 9.17) is 16.3 Å². The van der Waals surface area contributed by atoms with Gasteiger partial charge in [-0.25, -0.2) is 4.98 Å². The van der Waals surface area contributed by atoms with Crippen LogP contribution in [0.5, 0.6) is 0 Å². The van der Waals surface area contributed by atoms with Crippen LogP contribution in [0.15, 0.2) is 53.5 Å². The van der Waals surface area contributed by atoms with Gasteiger partial charge >= 0.3 is 5.97 Å². The predicted octanol–water partition coefficient (Wildman–Crippen LogP) is 4.14. The number of rotatable bonds is 5. The van der Waals surface area contributed by atoms with Crippen LogP contribution in [0, 0.1) is 12.8 Å². The third-order valence-corrected chi connectivity index (χ3v) is 4.62. The van der Waals surface area contributed by atoms with Crippen LogP contribution in [0.2, 0.25) is 5.02 Å². The number of fused-ring (bicyclic) bond motifs is 1. The summed E-state index contributed by atoms with van der Waals surface area (Å²) in [5, 5.41) is 0.616. The fourth-order valence-corrected chi connectivity index (χ4v) is 3.16. The van der Waals surface area contributed by atoms with E-state index < -0.39 is 5.92 Å².